The van der Waals surface area contributed by atoms with Crippen LogP contribution in [0, 0.1) is 11.3 Å². The van der Waals surface area contributed by atoms with Crippen LogP contribution in [0.15, 0.2) is 24.3 Å². The summed E-state index contributed by atoms with van der Waals surface area (Å²) in [5.41, 5.74) is 1.97. The highest BCUT2D eigenvalue weighted by Crippen LogP contribution is 2.17. The van der Waals surface area contributed by atoms with Gasteiger partial charge in [0.2, 0.25) is 0 Å². The van der Waals surface area contributed by atoms with Crippen LogP contribution in [0.25, 0.3) is 0 Å². The third-order valence-corrected chi connectivity index (χ3v) is 3.29. The monoisotopic (exact) mass is 229 g/mol. The molecule has 1 aliphatic rings. The Morgan fingerprint density at radius 2 is 2.06 bits per heavy atom. The lowest BCUT2D eigenvalue weighted by Gasteiger charge is -2.29. The van der Waals surface area contributed by atoms with Crippen LogP contribution in [0.1, 0.15) is 25.3 Å². The van der Waals surface area contributed by atoms with Gasteiger partial charge in [0.05, 0.1) is 11.6 Å². The molecule has 3 nitrogen and oxygen atoms in total. The van der Waals surface area contributed by atoms with Crippen LogP contribution in [-0.4, -0.2) is 25.7 Å². The number of nitrogens with one attached hydrogen (secondary N) is 1. The first-order valence-corrected chi connectivity index (χ1v) is 6.28. The third kappa shape index (κ3) is 3.21. The first-order chi connectivity index (χ1) is 8.29. The van der Waals surface area contributed by atoms with Gasteiger partial charge in [-0.15, -0.1) is 0 Å². The zero-order chi connectivity index (χ0) is 12.1. The number of hydrogen-bond donors (Lipinski definition) is 1. The molecule has 3 heteroatoms. The number of nitrogens with zero attached hydrogens (tertiary/aromatic N) is 2. The van der Waals surface area contributed by atoms with Crippen molar-refractivity contribution in [2.24, 2.45) is 0 Å². The van der Waals surface area contributed by atoms with Crippen LogP contribution < -0.4 is 10.2 Å². The summed E-state index contributed by atoms with van der Waals surface area (Å²) in [4.78, 5) is 2.42. The summed E-state index contributed by atoms with van der Waals surface area (Å²) < 4.78 is 0. The van der Waals surface area contributed by atoms with E-state index < -0.39 is 0 Å². The predicted molar refractivity (Wildman–Crippen MR) is 70.1 cm³/mol. The molecule has 1 atom stereocenters. The summed E-state index contributed by atoms with van der Waals surface area (Å²) in [5, 5.41) is 12.3. The first kappa shape index (κ1) is 11.9. The molecule has 1 unspecified atom stereocenters. The number of benzene rings is 1. The molecule has 0 spiro atoms. The highest BCUT2D eigenvalue weighted by molar-refractivity contribution is 5.49. The molecule has 17 heavy (non-hydrogen) atoms. The Labute approximate surface area is 103 Å². The molecule has 1 aromatic carbocycles. The van der Waals surface area contributed by atoms with Gasteiger partial charge in [-0.25, -0.2) is 0 Å². The second-order valence-corrected chi connectivity index (χ2v) is 4.64. The molecule has 1 fully saturated rings. The van der Waals surface area contributed by atoms with Crippen molar-refractivity contribution in [3.05, 3.63) is 29.8 Å². The predicted octanol–water partition coefficient (Wildman–Crippen LogP) is 2.14. The van der Waals surface area contributed by atoms with Crippen LogP contribution in [0.5, 0.6) is 0 Å². The second-order valence-electron chi connectivity index (χ2n) is 4.64. The highest BCUT2D eigenvalue weighted by atomic mass is 15.1. The molecular formula is C14H19N3. The van der Waals surface area contributed by atoms with E-state index >= 15 is 0 Å². The largest absolute Gasteiger partial charge is 0.371 e. The van der Waals surface area contributed by atoms with E-state index in [4.69, 9.17) is 5.26 Å². The fourth-order valence-corrected chi connectivity index (χ4v) is 2.19. The van der Waals surface area contributed by atoms with Gasteiger partial charge in [0.15, 0.2) is 0 Å². The van der Waals surface area contributed by atoms with E-state index in [2.05, 4.69) is 35.3 Å². The first-order valence-electron chi connectivity index (χ1n) is 6.28. The van der Waals surface area contributed by atoms with Gasteiger partial charge in [-0.3, -0.25) is 0 Å². The molecule has 0 aliphatic carbocycles. The number of anilines is 1. The molecule has 1 saturated heterocycles. The van der Waals surface area contributed by atoms with Gasteiger partial charge in [-0.1, -0.05) is 0 Å². The van der Waals surface area contributed by atoms with E-state index in [1.807, 2.05) is 12.1 Å². The Hall–Kier alpha value is -1.53. The Balaban J connectivity index is 2.06. The maximum Gasteiger partial charge on any atom is 0.0991 e. The summed E-state index contributed by atoms with van der Waals surface area (Å²) in [6.07, 6.45) is 2.34. The van der Waals surface area contributed by atoms with E-state index in [0.717, 1.165) is 25.2 Å². The SMILES string of the molecule is CC1CCN(c2ccc(C#N)cc2)CCCN1. The van der Waals surface area contributed by atoms with Gasteiger partial charge in [-0.05, 0) is 50.6 Å². The smallest absolute Gasteiger partial charge is 0.0991 e. The summed E-state index contributed by atoms with van der Waals surface area (Å²) in [6.45, 7) is 5.50. The number of nitriles is 1. The van der Waals surface area contributed by atoms with Crippen molar-refractivity contribution in [2.45, 2.75) is 25.8 Å². The summed E-state index contributed by atoms with van der Waals surface area (Å²) in [7, 11) is 0. The van der Waals surface area contributed by atoms with Crippen LogP contribution in [-0.2, 0) is 0 Å². The van der Waals surface area contributed by atoms with Crippen molar-refractivity contribution >= 4 is 5.69 Å². The topological polar surface area (TPSA) is 39.1 Å². The van der Waals surface area contributed by atoms with Crippen molar-refractivity contribution in [3.8, 4) is 6.07 Å². The minimum atomic E-state index is 0.594. The van der Waals surface area contributed by atoms with Crippen molar-refractivity contribution in [3.63, 3.8) is 0 Å². The summed E-state index contributed by atoms with van der Waals surface area (Å²) in [5.74, 6) is 0. The van der Waals surface area contributed by atoms with Gasteiger partial charge < -0.3 is 10.2 Å². The maximum absolute atomic E-state index is 8.78. The lowest BCUT2D eigenvalue weighted by molar-refractivity contribution is 0.475. The van der Waals surface area contributed by atoms with Crippen molar-refractivity contribution in [2.75, 3.05) is 24.5 Å². The van der Waals surface area contributed by atoms with E-state index in [-0.39, 0.29) is 0 Å². The molecule has 90 valence electrons. The lowest BCUT2D eigenvalue weighted by Crippen LogP contribution is -2.38. The van der Waals surface area contributed by atoms with Crippen molar-refractivity contribution in [1.82, 2.24) is 5.32 Å². The molecular weight excluding hydrogens is 210 g/mol. The Morgan fingerprint density at radius 1 is 1.29 bits per heavy atom. The fraction of sp³-hybridized carbons (Fsp3) is 0.500. The summed E-state index contributed by atoms with van der Waals surface area (Å²) in [6, 6.07) is 10.7. The molecule has 1 heterocycles. The van der Waals surface area contributed by atoms with Gasteiger partial charge in [-0.2, -0.15) is 5.26 Å². The third-order valence-electron chi connectivity index (χ3n) is 3.29. The number of hydrogen-bond acceptors (Lipinski definition) is 3. The Bertz CT molecular complexity index is 391. The molecule has 1 aliphatic heterocycles. The molecule has 2 rings (SSSR count). The number of rotatable bonds is 1. The van der Waals surface area contributed by atoms with Crippen LogP contribution >= 0.6 is 0 Å². The van der Waals surface area contributed by atoms with Gasteiger partial charge in [0.1, 0.15) is 0 Å². The van der Waals surface area contributed by atoms with Gasteiger partial charge in [0.25, 0.3) is 0 Å². The molecule has 0 saturated carbocycles. The summed E-state index contributed by atoms with van der Waals surface area (Å²) >= 11 is 0. The average molecular weight is 229 g/mol. The zero-order valence-corrected chi connectivity index (χ0v) is 10.3. The molecule has 0 radical (unpaired) electrons. The Kier molecular flexibility index (Phi) is 4.00. The lowest BCUT2D eigenvalue weighted by atomic mass is 10.1. The maximum atomic E-state index is 8.78. The van der Waals surface area contributed by atoms with Gasteiger partial charge >= 0.3 is 0 Å². The van der Waals surface area contributed by atoms with Gasteiger partial charge in [0, 0.05) is 24.8 Å². The van der Waals surface area contributed by atoms with E-state index in [0.29, 0.717) is 6.04 Å². The molecule has 0 amide bonds. The minimum absolute atomic E-state index is 0.594. The Morgan fingerprint density at radius 3 is 2.76 bits per heavy atom. The van der Waals surface area contributed by atoms with E-state index in [1.54, 1.807) is 0 Å². The quantitative estimate of drug-likeness (QED) is 0.802. The minimum Gasteiger partial charge on any atom is -0.371 e. The van der Waals surface area contributed by atoms with Crippen LogP contribution in [0.3, 0.4) is 0 Å². The van der Waals surface area contributed by atoms with Crippen LogP contribution in [0.2, 0.25) is 0 Å². The standard InChI is InChI=1S/C14H19N3/c1-12-7-10-17(9-2-8-16-12)14-5-3-13(11-15)4-6-14/h3-6,12,16H,2,7-10H2,1H3. The second kappa shape index (κ2) is 5.70. The highest BCUT2D eigenvalue weighted by Gasteiger charge is 2.11. The zero-order valence-electron chi connectivity index (χ0n) is 10.3. The molecule has 0 aromatic heterocycles. The van der Waals surface area contributed by atoms with E-state index in [1.165, 1.54) is 18.5 Å². The van der Waals surface area contributed by atoms with Crippen LogP contribution in [0.4, 0.5) is 5.69 Å². The molecule has 0 bridgehead atoms. The molecule has 1 aromatic rings. The average Bonchev–Trinajstić information content (AvgIpc) is 2.35. The van der Waals surface area contributed by atoms with Crippen molar-refractivity contribution < 1.29 is 0 Å². The fourth-order valence-electron chi connectivity index (χ4n) is 2.19. The van der Waals surface area contributed by atoms with Crippen molar-refractivity contribution in [1.29, 1.82) is 5.26 Å². The molecule has 1 N–H and O–H groups in total. The normalized spacial score (nSPS) is 21.4. The van der Waals surface area contributed by atoms with E-state index in [9.17, 15) is 0 Å².